The van der Waals surface area contributed by atoms with Crippen molar-refractivity contribution in [3.8, 4) is 23.3 Å². The predicted octanol–water partition coefficient (Wildman–Crippen LogP) is 5.48. The van der Waals surface area contributed by atoms with E-state index in [1.54, 1.807) is 7.05 Å². The van der Waals surface area contributed by atoms with E-state index in [-0.39, 0.29) is 34.7 Å². The summed E-state index contributed by atoms with van der Waals surface area (Å²) in [6.07, 6.45) is -1.67. The number of benzene rings is 3. The molecule has 238 valence electrons. The van der Waals surface area contributed by atoms with E-state index in [1.807, 2.05) is 18.2 Å². The van der Waals surface area contributed by atoms with Gasteiger partial charge in [-0.3, -0.25) is 19.8 Å². The molecule has 2 heterocycles. The first-order valence-corrected chi connectivity index (χ1v) is 15.4. The number of aromatic hydroxyl groups is 1. The van der Waals surface area contributed by atoms with Crippen LogP contribution in [0.1, 0.15) is 47.1 Å². The number of phenols is 1. The Morgan fingerprint density at radius 2 is 1.91 bits per heavy atom. The molecule has 2 aliphatic carbocycles. The van der Waals surface area contributed by atoms with Crippen LogP contribution in [0.5, 0.6) is 11.5 Å². The maximum Gasteiger partial charge on any atom is 0.416 e. The molecule has 5 atom stereocenters. The molecule has 7 rings (SSSR count). The minimum atomic E-state index is -4.47. The second kappa shape index (κ2) is 11.1. The summed E-state index contributed by atoms with van der Waals surface area (Å²) in [6, 6.07) is 15.3. The highest BCUT2D eigenvalue weighted by Gasteiger charge is 2.67. The first-order valence-electron chi connectivity index (χ1n) is 15.4. The number of ether oxygens (including phenoxy) is 1. The van der Waals surface area contributed by atoms with Crippen molar-refractivity contribution >= 4 is 11.6 Å². The van der Waals surface area contributed by atoms with Gasteiger partial charge in [0.25, 0.3) is 11.6 Å². The number of rotatable bonds is 5. The van der Waals surface area contributed by atoms with Crippen molar-refractivity contribution in [1.82, 2.24) is 9.80 Å². The average molecular weight is 632 g/mol. The van der Waals surface area contributed by atoms with Crippen LogP contribution in [0.3, 0.4) is 0 Å². The lowest BCUT2D eigenvalue weighted by Crippen LogP contribution is -2.69. The van der Waals surface area contributed by atoms with Crippen LogP contribution < -0.4 is 4.74 Å². The van der Waals surface area contributed by atoms with Crippen LogP contribution in [0.25, 0.3) is 0 Å². The third-order valence-corrected chi connectivity index (χ3v) is 10.6. The van der Waals surface area contributed by atoms with Gasteiger partial charge >= 0.3 is 6.18 Å². The lowest BCUT2D eigenvalue weighted by molar-refractivity contribution is -0.385. The van der Waals surface area contributed by atoms with Crippen molar-refractivity contribution in [2.24, 2.45) is 5.92 Å². The van der Waals surface area contributed by atoms with Gasteiger partial charge in [0.1, 0.15) is 6.10 Å². The summed E-state index contributed by atoms with van der Waals surface area (Å²) in [5, 5.41) is 23.3. The molecule has 2 aliphatic heterocycles. The van der Waals surface area contributed by atoms with Crippen molar-refractivity contribution in [2.45, 2.75) is 61.9 Å². The first kappa shape index (κ1) is 30.1. The number of hydrogen-bond donors (Lipinski definition) is 1. The quantitative estimate of drug-likeness (QED) is 0.228. The van der Waals surface area contributed by atoms with Crippen LogP contribution in [0.15, 0.2) is 60.7 Å². The van der Waals surface area contributed by atoms with Gasteiger partial charge in [0.15, 0.2) is 11.5 Å². The molecule has 1 spiro atoms. The van der Waals surface area contributed by atoms with Gasteiger partial charge in [0.05, 0.1) is 22.6 Å². The zero-order chi connectivity index (χ0) is 32.4. The Balaban J connectivity index is 1.21. The third kappa shape index (κ3) is 4.78. The van der Waals surface area contributed by atoms with E-state index in [2.05, 4.69) is 28.9 Å². The van der Waals surface area contributed by atoms with Crippen LogP contribution in [-0.2, 0) is 29.2 Å². The fraction of sp³-hybridized carbons (Fsp3) is 0.400. The zero-order valence-corrected chi connectivity index (χ0v) is 25.1. The van der Waals surface area contributed by atoms with E-state index in [0.29, 0.717) is 24.8 Å². The summed E-state index contributed by atoms with van der Waals surface area (Å²) in [7, 11) is 1.64. The molecular formula is C35H32F3N3O5. The number of nitro benzene ring substituents is 1. The topological polar surface area (TPSA) is 96.2 Å². The van der Waals surface area contributed by atoms with E-state index < -0.39 is 40.1 Å². The number of phenolic OH excluding ortho intramolecular Hbond substituents is 1. The zero-order valence-electron chi connectivity index (χ0n) is 25.1. The number of likely N-dealkylation sites (N-methyl/N-ethyl adjacent to an activating group) is 1. The van der Waals surface area contributed by atoms with Gasteiger partial charge < -0.3 is 14.7 Å². The molecule has 1 amide bonds. The molecule has 46 heavy (non-hydrogen) atoms. The van der Waals surface area contributed by atoms with Crippen LogP contribution in [0.2, 0.25) is 0 Å². The standard InChI is InChI=1S/C35H32F3N3O5/c1-39(30(43)14-9-22-7-10-23(11-8-22)35(36,37)38)26-13-12-25-28-19-24-27(41(44)45)20-29(42)32-31(24)34(25,33(26)46-32)16-18-40(28)17-15-21-5-3-2-4-6-21/h2-8,10-11,20,25-26,28,33,42H,12-13,15-19H2,1H3/t25-,26-,28+,33-,34-/m0/s1. The van der Waals surface area contributed by atoms with Gasteiger partial charge in [0, 0.05) is 47.7 Å². The number of carbonyl (C=O) groups is 1. The summed E-state index contributed by atoms with van der Waals surface area (Å²) in [5.41, 5.74) is 1.29. The molecule has 3 aromatic rings. The summed E-state index contributed by atoms with van der Waals surface area (Å²) in [6.45, 7) is 1.55. The Bertz CT molecular complexity index is 1770. The van der Waals surface area contributed by atoms with Crippen molar-refractivity contribution in [3.05, 3.63) is 98.6 Å². The summed E-state index contributed by atoms with van der Waals surface area (Å²) in [5.74, 6) is 4.85. The molecule has 2 fully saturated rings. The number of amides is 1. The Hall–Kier alpha value is -4.56. The lowest BCUT2D eigenvalue weighted by atomic mass is 9.50. The van der Waals surface area contributed by atoms with Gasteiger partial charge in [-0.1, -0.05) is 36.3 Å². The van der Waals surface area contributed by atoms with E-state index >= 15 is 0 Å². The fourth-order valence-corrected chi connectivity index (χ4v) is 8.52. The van der Waals surface area contributed by atoms with Gasteiger partial charge in [0.2, 0.25) is 0 Å². The molecule has 0 unspecified atom stereocenters. The second-order valence-corrected chi connectivity index (χ2v) is 12.7. The number of piperidine rings is 1. The highest BCUT2D eigenvalue weighted by molar-refractivity contribution is 5.94. The smallest absolute Gasteiger partial charge is 0.416 e. The maximum atomic E-state index is 13.4. The van der Waals surface area contributed by atoms with E-state index in [1.165, 1.54) is 28.7 Å². The fourth-order valence-electron chi connectivity index (χ4n) is 8.52. The number of alkyl halides is 3. The largest absolute Gasteiger partial charge is 0.504 e. The van der Waals surface area contributed by atoms with Crippen LogP contribution in [0, 0.1) is 27.9 Å². The second-order valence-electron chi connectivity index (χ2n) is 12.7. The van der Waals surface area contributed by atoms with Crippen LogP contribution in [-0.4, -0.2) is 64.1 Å². The summed E-state index contributed by atoms with van der Waals surface area (Å²) in [4.78, 5) is 29.2. The Morgan fingerprint density at radius 1 is 1.17 bits per heavy atom. The number of carbonyl (C=O) groups excluding carboxylic acids is 1. The van der Waals surface area contributed by atoms with Gasteiger partial charge in [-0.2, -0.15) is 13.2 Å². The molecule has 1 saturated carbocycles. The normalized spacial score (nSPS) is 25.9. The highest BCUT2D eigenvalue weighted by Crippen LogP contribution is 2.65. The summed E-state index contributed by atoms with van der Waals surface area (Å²) < 4.78 is 45.4. The van der Waals surface area contributed by atoms with Crippen molar-refractivity contribution < 1.29 is 32.7 Å². The monoisotopic (exact) mass is 631 g/mol. The van der Waals surface area contributed by atoms with Crippen LogP contribution in [0.4, 0.5) is 18.9 Å². The van der Waals surface area contributed by atoms with Crippen molar-refractivity contribution in [2.75, 3.05) is 20.1 Å². The molecular weight excluding hydrogens is 599 g/mol. The average Bonchev–Trinajstić information content (AvgIpc) is 3.39. The van der Waals surface area contributed by atoms with Gasteiger partial charge in [-0.25, -0.2) is 0 Å². The van der Waals surface area contributed by atoms with E-state index in [0.717, 1.165) is 43.6 Å². The predicted molar refractivity (Wildman–Crippen MR) is 162 cm³/mol. The van der Waals surface area contributed by atoms with Crippen LogP contribution >= 0.6 is 0 Å². The Morgan fingerprint density at radius 3 is 2.61 bits per heavy atom. The molecule has 1 saturated heterocycles. The summed E-state index contributed by atoms with van der Waals surface area (Å²) >= 11 is 0. The molecule has 0 radical (unpaired) electrons. The van der Waals surface area contributed by atoms with E-state index in [4.69, 9.17) is 4.74 Å². The van der Waals surface area contributed by atoms with Crippen molar-refractivity contribution in [1.29, 1.82) is 0 Å². The third-order valence-electron chi connectivity index (χ3n) is 10.6. The van der Waals surface area contributed by atoms with E-state index in [9.17, 15) is 33.2 Å². The molecule has 2 bridgehead atoms. The Labute approximate surface area is 263 Å². The minimum absolute atomic E-state index is 0.0340. The molecule has 8 nitrogen and oxygen atoms in total. The number of hydrogen-bond acceptors (Lipinski definition) is 6. The SMILES string of the molecule is CN(C(=O)C#Cc1ccc(C(F)(F)F)cc1)[C@H]1CC[C@H]2[C@H]3Cc4c([N+](=O)[O-])cc(O)c5c4[C@@]2(CCN3CCc2ccccc2)[C@H]1O5. The minimum Gasteiger partial charge on any atom is -0.504 e. The molecule has 0 aromatic heterocycles. The molecule has 3 aromatic carbocycles. The molecule has 4 aliphatic rings. The number of halogens is 3. The number of nitro groups is 1. The van der Waals surface area contributed by atoms with Gasteiger partial charge in [-0.15, -0.1) is 0 Å². The highest BCUT2D eigenvalue weighted by atomic mass is 19.4. The first-order chi connectivity index (χ1) is 22.0. The Kier molecular flexibility index (Phi) is 7.24. The maximum absolute atomic E-state index is 13.4. The lowest BCUT2D eigenvalue weighted by Gasteiger charge is -2.60. The number of nitrogens with zero attached hydrogens (tertiary/aromatic N) is 3. The molecule has 1 N–H and O–H groups in total. The molecule has 11 heteroatoms. The van der Waals surface area contributed by atoms with Crippen molar-refractivity contribution in [3.63, 3.8) is 0 Å². The number of likely N-dealkylation sites (tertiary alicyclic amines) is 1. The van der Waals surface area contributed by atoms with Gasteiger partial charge in [-0.05, 0) is 74.4 Å².